The first-order valence-electron chi connectivity index (χ1n) is 3.95. The van der Waals surface area contributed by atoms with Crippen molar-refractivity contribution < 1.29 is 8.78 Å². The lowest BCUT2D eigenvalue weighted by atomic mass is 10.1. The van der Waals surface area contributed by atoms with Crippen LogP contribution in [0.1, 0.15) is 18.2 Å². The SMILES string of the molecule is NCCC(F)c1cccc(Cl)c1F. The van der Waals surface area contributed by atoms with Gasteiger partial charge in [-0.1, -0.05) is 23.7 Å². The maximum atomic E-state index is 13.2. The molecule has 1 atom stereocenters. The van der Waals surface area contributed by atoms with Gasteiger partial charge < -0.3 is 5.73 Å². The van der Waals surface area contributed by atoms with E-state index in [1.807, 2.05) is 0 Å². The molecule has 1 aromatic carbocycles. The molecule has 0 aromatic heterocycles. The van der Waals surface area contributed by atoms with Crippen molar-refractivity contribution in [2.75, 3.05) is 6.54 Å². The van der Waals surface area contributed by atoms with Gasteiger partial charge in [-0.3, -0.25) is 0 Å². The standard InChI is InChI=1S/C9H10ClF2N/c10-7-3-1-2-6(9(7)12)8(11)4-5-13/h1-3,8H,4-5,13H2. The second kappa shape index (κ2) is 4.53. The Kier molecular flexibility index (Phi) is 3.63. The van der Waals surface area contributed by atoms with Gasteiger partial charge in [0.2, 0.25) is 0 Å². The third-order valence-corrected chi connectivity index (χ3v) is 2.03. The van der Waals surface area contributed by atoms with E-state index in [-0.39, 0.29) is 23.6 Å². The zero-order valence-corrected chi connectivity index (χ0v) is 7.69. The molecule has 0 amide bonds. The van der Waals surface area contributed by atoms with Crippen LogP contribution in [0.3, 0.4) is 0 Å². The number of hydrogen-bond acceptors (Lipinski definition) is 1. The van der Waals surface area contributed by atoms with Gasteiger partial charge in [0.15, 0.2) is 0 Å². The maximum Gasteiger partial charge on any atom is 0.147 e. The quantitative estimate of drug-likeness (QED) is 0.807. The first kappa shape index (κ1) is 10.4. The molecule has 2 N–H and O–H groups in total. The molecule has 0 aliphatic heterocycles. The van der Waals surface area contributed by atoms with Crippen molar-refractivity contribution in [2.24, 2.45) is 5.73 Å². The summed E-state index contributed by atoms with van der Waals surface area (Å²) in [6, 6.07) is 4.28. The summed E-state index contributed by atoms with van der Waals surface area (Å²) in [5, 5.41) is -0.0582. The molecule has 4 heteroatoms. The fourth-order valence-corrected chi connectivity index (χ4v) is 1.25. The van der Waals surface area contributed by atoms with Crippen molar-refractivity contribution in [1.29, 1.82) is 0 Å². The zero-order valence-electron chi connectivity index (χ0n) is 6.93. The summed E-state index contributed by atoms with van der Waals surface area (Å²) in [5.74, 6) is -0.690. The van der Waals surface area contributed by atoms with Crippen molar-refractivity contribution in [2.45, 2.75) is 12.6 Å². The van der Waals surface area contributed by atoms with Crippen LogP contribution >= 0.6 is 11.6 Å². The molecule has 13 heavy (non-hydrogen) atoms. The molecule has 0 aliphatic carbocycles. The van der Waals surface area contributed by atoms with Gasteiger partial charge >= 0.3 is 0 Å². The predicted octanol–water partition coefficient (Wildman–Crippen LogP) is 2.84. The van der Waals surface area contributed by atoms with E-state index in [1.54, 1.807) is 0 Å². The van der Waals surface area contributed by atoms with Crippen LogP contribution in [0.15, 0.2) is 18.2 Å². The van der Waals surface area contributed by atoms with Crippen LogP contribution in [-0.4, -0.2) is 6.54 Å². The van der Waals surface area contributed by atoms with Gasteiger partial charge in [-0.2, -0.15) is 0 Å². The Hall–Kier alpha value is -0.670. The van der Waals surface area contributed by atoms with Crippen molar-refractivity contribution in [3.05, 3.63) is 34.6 Å². The fourth-order valence-electron chi connectivity index (χ4n) is 1.06. The fraction of sp³-hybridized carbons (Fsp3) is 0.333. The van der Waals surface area contributed by atoms with Crippen LogP contribution in [0.2, 0.25) is 5.02 Å². The summed E-state index contributed by atoms with van der Waals surface area (Å²) < 4.78 is 26.4. The minimum absolute atomic E-state index is 0.0158. The van der Waals surface area contributed by atoms with Crippen LogP contribution in [0.25, 0.3) is 0 Å². The summed E-state index contributed by atoms with van der Waals surface area (Å²) in [6.07, 6.45) is -1.26. The lowest BCUT2D eigenvalue weighted by molar-refractivity contribution is 0.317. The molecule has 1 nitrogen and oxygen atoms in total. The first-order chi connectivity index (χ1) is 6.16. The van der Waals surface area contributed by atoms with E-state index >= 15 is 0 Å². The highest BCUT2D eigenvalue weighted by atomic mass is 35.5. The lowest BCUT2D eigenvalue weighted by Gasteiger charge is -2.08. The number of halogens is 3. The van der Waals surface area contributed by atoms with E-state index in [0.717, 1.165) is 0 Å². The molecule has 0 aliphatic rings. The topological polar surface area (TPSA) is 26.0 Å². The first-order valence-corrected chi connectivity index (χ1v) is 4.32. The number of benzene rings is 1. The molecule has 1 aromatic rings. The molecule has 0 spiro atoms. The highest BCUT2D eigenvalue weighted by molar-refractivity contribution is 6.30. The van der Waals surface area contributed by atoms with Gasteiger partial charge in [0.25, 0.3) is 0 Å². The van der Waals surface area contributed by atoms with Gasteiger partial charge in [-0.05, 0) is 19.0 Å². The lowest BCUT2D eigenvalue weighted by Crippen LogP contribution is -2.05. The van der Waals surface area contributed by atoms with Gasteiger partial charge in [0, 0.05) is 5.56 Å². The zero-order chi connectivity index (χ0) is 9.84. The van der Waals surface area contributed by atoms with E-state index < -0.39 is 12.0 Å². The molecule has 0 heterocycles. The predicted molar refractivity (Wildman–Crippen MR) is 48.9 cm³/mol. The highest BCUT2D eigenvalue weighted by Crippen LogP contribution is 2.27. The molecular weight excluding hydrogens is 196 g/mol. The summed E-state index contributed by atoms with van der Waals surface area (Å²) >= 11 is 5.49. The molecule has 0 fully saturated rings. The number of rotatable bonds is 3. The second-order valence-corrected chi connectivity index (χ2v) is 3.10. The molecule has 0 bridgehead atoms. The Balaban J connectivity index is 2.93. The Labute approximate surface area is 80.5 Å². The van der Waals surface area contributed by atoms with E-state index in [2.05, 4.69) is 0 Å². The summed E-state index contributed by atoms with van der Waals surface area (Å²) in [5.41, 5.74) is 5.14. The molecule has 1 unspecified atom stereocenters. The number of nitrogens with two attached hydrogens (primary N) is 1. The number of alkyl halides is 1. The largest absolute Gasteiger partial charge is 0.330 e. The third kappa shape index (κ3) is 2.39. The summed E-state index contributed by atoms with van der Waals surface area (Å²) in [7, 11) is 0. The van der Waals surface area contributed by atoms with Gasteiger partial charge in [-0.25, -0.2) is 8.78 Å². The molecule has 1 rings (SSSR count). The van der Waals surface area contributed by atoms with Gasteiger partial charge in [-0.15, -0.1) is 0 Å². The number of hydrogen-bond donors (Lipinski definition) is 1. The van der Waals surface area contributed by atoms with Crippen LogP contribution in [-0.2, 0) is 0 Å². The molecule has 0 saturated carbocycles. The maximum absolute atomic E-state index is 13.2. The van der Waals surface area contributed by atoms with E-state index in [1.165, 1.54) is 18.2 Å². The molecule has 0 radical (unpaired) electrons. The molecule has 72 valence electrons. The van der Waals surface area contributed by atoms with E-state index in [4.69, 9.17) is 17.3 Å². The smallest absolute Gasteiger partial charge is 0.147 e. The summed E-state index contributed by atoms with van der Waals surface area (Å²) in [6.45, 7) is 0.188. The minimum atomic E-state index is -1.37. The average Bonchev–Trinajstić information content (AvgIpc) is 2.10. The van der Waals surface area contributed by atoms with E-state index in [0.29, 0.717) is 0 Å². The molecule has 0 saturated heterocycles. The normalized spacial score (nSPS) is 12.9. The minimum Gasteiger partial charge on any atom is -0.330 e. The van der Waals surface area contributed by atoms with Crippen LogP contribution in [0.5, 0.6) is 0 Å². The molecular formula is C9H10ClF2N. The Bertz CT molecular complexity index is 291. The van der Waals surface area contributed by atoms with E-state index in [9.17, 15) is 8.78 Å². The third-order valence-electron chi connectivity index (χ3n) is 1.74. The van der Waals surface area contributed by atoms with Gasteiger partial charge in [0.1, 0.15) is 12.0 Å². The summed E-state index contributed by atoms with van der Waals surface area (Å²) in [4.78, 5) is 0. The van der Waals surface area contributed by atoms with Crippen molar-refractivity contribution in [3.8, 4) is 0 Å². The van der Waals surface area contributed by atoms with Crippen LogP contribution in [0.4, 0.5) is 8.78 Å². The van der Waals surface area contributed by atoms with Crippen LogP contribution in [0, 0.1) is 5.82 Å². The average molecular weight is 206 g/mol. The Morgan fingerprint density at radius 2 is 2.15 bits per heavy atom. The van der Waals surface area contributed by atoms with Gasteiger partial charge in [0.05, 0.1) is 5.02 Å². The Morgan fingerprint density at radius 1 is 1.46 bits per heavy atom. The highest BCUT2D eigenvalue weighted by Gasteiger charge is 2.15. The van der Waals surface area contributed by atoms with Crippen LogP contribution < -0.4 is 5.73 Å². The van der Waals surface area contributed by atoms with Crippen molar-refractivity contribution >= 4 is 11.6 Å². The Morgan fingerprint density at radius 3 is 2.77 bits per heavy atom. The monoisotopic (exact) mass is 205 g/mol. The van der Waals surface area contributed by atoms with Crippen molar-refractivity contribution in [1.82, 2.24) is 0 Å². The second-order valence-electron chi connectivity index (χ2n) is 2.69. The van der Waals surface area contributed by atoms with Crippen molar-refractivity contribution in [3.63, 3.8) is 0 Å².